The van der Waals surface area contributed by atoms with Gasteiger partial charge in [-0.1, -0.05) is 12.5 Å². The standard InChI is InChI=1S/C21H23N5S/c1-2-8-25(9-3-1)14-16-6-7-22-21(10-16)26-15-27-20-11-17(4-5-19(20)26)18-12-23-24-13-18/h4-7,10-13H,1-3,8-9,14-15H2,(H,23,24). The summed E-state index contributed by atoms with van der Waals surface area (Å²) in [5, 5.41) is 6.95. The van der Waals surface area contributed by atoms with Crippen LogP contribution >= 0.6 is 11.8 Å². The molecule has 0 spiro atoms. The number of aromatic amines is 1. The number of nitrogens with one attached hydrogen (secondary N) is 1. The number of rotatable bonds is 4. The zero-order valence-corrected chi connectivity index (χ0v) is 16.1. The van der Waals surface area contributed by atoms with Gasteiger partial charge in [-0.05, 0) is 61.3 Å². The van der Waals surface area contributed by atoms with Gasteiger partial charge in [0, 0.05) is 29.4 Å². The number of hydrogen-bond donors (Lipinski definition) is 1. The van der Waals surface area contributed by atoms with Gasteiger partial charge in [0.25, 0.3) is 0 Å². The molecule has 138 valence electrons. The van der Waals surface area contributed by atoms with Gasteiger partial charge < -0.3 is 4.90 Å². The number of anilines is 2. The summed E-state index contributed by atoms with van der Waals surface area (Å²) in [6.07, 6.45) is 9.79. The van der Waals surface area contributed by atoms with E-state index in [0.29, 0.717) is 0 Å². The summed E-state index contributed by atoms with van der Waals surface area (Å²) in [5.74, 6) is 1.96. The summed E-state index contributed by atoms with van der Waals surface area (Å²) in [6.45, 7) is 3.47. The molecule has 2 aliphatic rings. The molecule has 5 nitrogen and oxygen atoms in total. The van der Waals surface area contributed by atoms with Crippen molar-refractivity contribution in [1.29, 1.82) is 0 Å². The Labute approximate surface area is 163 Å². The molecule has 0 amide bonds. The maximum absolute atomic E-state index is 4.66. The normalized spacial score (nSPS) is 17.3. The molecule has 4 heterocycles. The smallest absolute Gasteiger partial charge is 0.134 e. The lowest BCUT2D eigenvalue weighted by Gasteiger charge is -2.27. The number of hydrogen-bond acceptors (Lipinski definition) is 5. The van der Waals surface area contributed by atoms with E-state index in [1.165, 1.54) is 54.1 Å². The third-order valence-electron chi connectivity index (χ3n) is 5.37. The fourth-order valence-electron chi connectivity index (χ4n) is 3.92. The molecule has 0 aliphatic carbocycles. The van der Waals surface area contributed by atoms with E-state index in [2.05, 4.69) is 55.3 Å². The van der Waals surface area contributed by atoms with Crippen LogP contribution in [-0.2, 0) is 6.54 Å². The lowest BCUT2D eigenvalue weighted by molar-refractivity contribution is 0.221. The fourth-order valence-corrected chi connectivity index (χ4v) is 4.99. The predicted octanol–water partition coefficient (Wildman–Crippen LogP) is 4.66. The van der Waals surface area contributed by atoms with E-state index in [9.17, 15) is 0 Å². The minimum atomic E-state index is 0.907. The highest BCUT2D eigenvalue weighted by molar-refractivity contribution is 7.99. The van der Waals surface area contributed by atoms with Crippen molar-refractivity contribution in [1.82, 2.24) is 20.1 Å². The fraction of sp³-hybridized carbons (Fsp3) is 0.333. The van der Waals surface area contributed by atoms with Crippen molar-refractivity contribution in [2.75, 3.05) is 23.9 Å². The van der Waals surface area contributed by atoms with Gasteiger partial charge in [-0.2, -0.15) is 5.10 Å². The molecule has 2 aromatic heterocycles. The molecule has 0 unspecified atom stereocenters. The second kappa shape index (κ2) is 7.37. The second-order valence-electron chi connectivity index (χ2n) is 7.23. The van der Waals surface area contributed by atoms with Crippen molar-refractivity contribution in [3.63, 3.8) is 0 Å². The minimum absolute atomic E-state index is 0.907. The molecule has 2 aliphatic heterocycles. The number of pyridine rings is 1. The van der Waals surface area contributed by atoms with E-state index in [0.717, 1.165) is 23.8 Å². The summed E-state index contributed by atoms with van der Waals surface area (Å²) in [7, 11) is 0. The maximum Gasteiger partial charge on any atom is 0.134 e. The molecule has 1 aromatic carbocycles. The Hall–Kier alpha value is -2.31. The van der Waals surface area contributed by atoms with Crippen molar-refractivity contribution in [2.24, 2.45) is 0 Å². The molecule has 3 aromatic rings. The highest BCUT2D eigenvalue weighted by atomic mass is 32.2. The van der Waals surface area contributed by atoms with Gasteiger partial charge in [0.15, 0.2) is 0 Å². The number of likely N-dealkylation sites (tertiary alicyclic amines) is 1. The average Bonchev–Trinajstić information content (AvgIpc) is 3.38. The van der Waals surface area contributed by atoms with Crippen molar-refractivity contribution in [3.8, 4) is 11.1 Å². The Bertz CT molecular complexity index is 918. The van der Waals surface area contributed by atoms with Crippen molar-refractivity contribution < 1.29 is 0 Å². The third kappa shape index (κ3) is 3.47. The molecule has 0 radical (unpaired) electrons. The first-order valence-corrected chi connectivity index (χ1v) is 10.6. The van der Waals surface area contributed by atoms with Crippen LogP contribution in [0.2, 0.25) is 0 Å². The van der Waals surface area contributed by atoms with Crippen molar-refractivity contribution in [3.05, 3.63) is 54.5 Å². The van der Waals surface area contributed by atoms with Crippen LogP contribution in [0.3, 0.4) is 0 Å². The number of piperidine rings is 1. The Morgan fingerprint density at radius 3 is 2.81 bits per heavy atom. The van der Waals surface area contributed by atoms with Crippen LogP contribution in [0.4, 0.5) is 11.5 Å². The van der Waals surface area contributed by atoms with Gasteiger partial charge in [0.1, 0.15) is 5.82 Å². The van der Waals surface area contributed by atoms with E-state index in [-0.39, 0.29) is 0 Å². The van der Waals surface area contributed by atoms with Crippen LogP contribution in [0.1, 0.15) is 24.8 Å². The van der Waals surface area contributed by atoms with Crippen LogP contribution in [-0.4, -0.2) is 39.0 Å². The largest absolute Gasteiger partial charge is 0.315 e. The quantitative estimate of drug-likeness (QED) is 0.717. The molecule has 0 bridgehead atoms. The van der Waals surface area contributed by atoms with Crippen LogP contribution < -0.4 is 4.90 Å². The summed E-state index contributed by atoms with van der Waals surface area (Å²) >= 11 is 1.87. The van der Waals surface area contributed by atoms with E-state index >= 15 is 0 Å². The summed E-state index contributed by atoms with van der Waals surface area (Å²) in [4.78, 5) is 10.8. The van der Waals surface area contributed by atoms with Gasteiger partial charge in [-0.3, -0.25) is 10.00 Å². The minimum Gasteiger partial charge on any atom is -0.315 e. The summed E-state index contributed by atoms with van der Waals surface area (Å²) in [6, 6.07) is 11.0. The molecule has 1 N–H and O–H groups in total. The molecule has 0 saturated carbocycles. The molecular formula is C21H23N5S. The summed E-state index contributed by atoms with van der Waals surface area (Å²) < 4.78 is 0. The van der Waals surface area contributed by atoms with Gasteiger partial charge in [-0.15, -0.1) is 11.8 Å². The van der Waals surface area contributed by atoms with Gasteiger partial charge >= 0.3 is 0 Å². The van der Waals surface area contributed by atoms with Crippen molar-refractivity contribution in [2.45, 2.75) is 30.7 Å². The third-order valence-corrected chi connectivity index (χ3v) is 6.40. The first-order valence-electron chi connectivity index (χ1n) is 9.58. The van der Waals surface area contributed by atoms with Crippen LogP contribution in [0, 0.1) is 0 Å². The van der Waals surface area contributed by atoms with Crippen LogP contribution in [0.5, 0.6) is 0 Å². The SMILES string of the molecule is c1cc(CN2CCCCC2)cc(N2CSc3cc(-c4cn[nH]c4)ccc32)n1. The van der Waals surface area contributed by atoms with E-state index in [4.69, 9.17) is 0 Å². The highest BCUT2D eigenvalue weighted by Crippen LogP contribution is 2.44. The first-order chi connectivity index (χ1) is 13.4. The van der Waals surface area contributed by atoms with Gasteiger partial charge in [-0.25, -0.2) is 4.98 Å². The molecule has 0 atom stereocenters. The van der Waals surface area contributed by atoms with Gasteiger partial charge in [0.2, 0.25) is 0 Å². The topological polar surface area (TPSA) is 48.0 Å². The molecule has 1 fully saturated rings. The lowest BCUT2D eigenvalue weighted by atomic mass is 10.1. The highest BCUT2D eigenvalue weighted by Gasteiger charge is 2.23. The first kappa shape index (κ1) is 16.8. The number of benzene rings is 1. The van der Waals surface area contributed by atoms with E-state index in [1.807, 2.05) is 30.4 Å². The monoisotopic (exact) mass is 377 g/mol. The summed E-state index contributed by atoms with van der Waals surface area (Å²) in [5.41, 5.74) is 4.92. The number of aromatic nitrogens is 3. The Morgan fingerprint density at radius 1 is 1.04 bits per heavy atom. The number of H-pyrrole nitrogens is 1. The predicted molar refractivity (Wildman–Crippen MR) is 110 cm³/mol. The molecular weight excluding hydrogens is 354 g/mol. The Kier molecular flexibility index (Phi) is 4.59. The number of nitrogens with zero attached hydrogens (tertiary/aromatic N) is 4. The van der Waals surface area contributed by atoms with Crippen molar-refractivity contribution >= 4 is 23.3 Å². The molecule has 1 saturated heterocycles. The Balaban J connectivity index is 1.38. The Morgan fingerprint density at radius 2 is 1.96 bits per heavy atom. The number of fused-ring (bicyclic) bond motifs is 1. The zero-order valence-electron chi connectivity index (χ0n) is 15.3. The van der Waals surface area contributed by atoms with Crippen LogP contribution in [0.15, 0.2) is 53.8 Å². The lowest BCUT2D eigenvalue weighted by Crippen LogP contribution is -2.29. The average molecular weight is 378 g/mol. The second-order valence-corrected chi connectivity index (χ2v) is 8.22. The molecule has 6 heteroatoms. The molecule has 27 heavy (non-hydrogen) atoms. The van der Waals surface area contributed by atoms with Crippen LogP contribution in [0.25, 0.3) is 11.1 Å². The number of thioether (sulfide) groups is 1. The molecule has 5 rings (SSSR count). The van der Waals surface area contributed by atoms with Gasteiger partial charge in [0.05, 0.1) is 17.8 Å². The van der Waals surface area contributed by atoms with E-state index < -0.39 is 0 Å². The van der Waals surface area contributed by atoms with E-state index in [1.54, 1.807) is 0 Å². The maximum atomic E-state index is 4.66. The zero-order chi connectivity index (χ0) is 18.1.